The van der Waals surface area contributed by atoms with Crippen LogP contribution in [0.1, 0.15) is 29.3 Å². The summed E-state index contributed by atoms with van der Waals surface area (Å²) in [6.07, 6.45) is 3.60. The van der Waals surface area contributed by atoms with Crippen LogP contribution in [0.4, 0.5) is 0 Å². The number of fused-ring (bicyclic) bond motifs is 3. The van der Waals surface area contributed by atoms with Crippen LogP contribution in [0, 0.1) is 0 Å². The third-order valence-corrected chi connectivity index (χ3v) is 6.65. The minimum absolute atomic E-state index is 0.0721. The summed E-state index contributed by atoms with van der Waals surface area (Å²) < 4.78 is 11.0. The number of esters is 1. The van der Waals surface area contributed by atoms with Crippen LogP contribution >= 0.6 is 11.3 Å². The van der Waals surface area contributed by atoms with Crippen molar-refractivity contribution in [1.29, 1.82) is 0 Å². The molecule has 0 aliphatic carbocycles. The lowest BCUT2D eigenvalue weighted by Crippen LogP contribution is -2.34. The van der Waals surface area contributed by atoms with Gasteiger partial charge in [0.2, 0.25) is 0 Å². The van der Waals surface area contributed by atoms with Crippen LogP contribution in [0.3, 0.4) is 0 Å². The van der Waals surface area contributed by atoms with E-state index >= 15 is 0 Å². The highest BCUT2D eigenvalue weighted by Crippen LogP contribution is 2.34. The van der Waals surface area contributed by atoms with E-state index in [1.807, 2.05) is 52.7 Å². The summed E-state index contributed by atoms with van der Waals surface area (Å²) in [5.74, 6) is -0.562. The lowest BCUT2D eigenvalue weighted by Gasteiger charge is -2.23. The molecule has 1 amide bonds. The molecule has 0 bridgehead atoms. The van der Waals surface area contributed by atoms with Crippen molar-refractivity contribution < 1.29 is 18.7 Å². The van der Waals surface area contributed by atoms with E-state index in [1.54, 1.807) is 17.6 Å². The maximum Gasteiger partial charge on any atom is 0.310 e. The number of ether oxygens (including phenoxy) is 1. The molecular weight excluding hydrogens is 398 g/mol. The first-order chi connectivity index (χ1) is 14.7. The Hall–Kier alpha value is -3.12. The number of hydrogen-bond acceptors (Lipinski definition) is 5. The van der Waals surface area contributed by atoms with Crippen LogP contribution in [0.15, 0.2) is 64.6 Å². The average molecular weight is 420 g/mol. The number of furan rings is 1. The van der Waals surface area contributed by atoms with Crippen molar-refractivity contribution in [2.75, 3.05) is 13.2 Å². The van der Waals surface area contributed by atoms with Crippen molar-refractivity contribution in [3.63, 3.8) is 0 Å². The Morgan fingerprint density at radius 2 is 2.03 bits per heavy atom. The number of carbonyl (C=O) groups excluding carboxylic acids is 2. The van der Waals surface area contributed by atoms with E-state index in [-0.39, 0.29) is 25.0 Å². The number of amides is 1. The molecule has 3 heterocycles. The predicted octanol–water partition coefficient (Wildman–Crippen LogP) is 5.10. The van der Waals surface area contributed by atoms with E-state index in [2.05, 4.69) is 6.07 Å². The fraction of sp³-hybridized carbons (Fsp3) is 0.250. The summed E-state index contributed by atoms with van der Waals surface area (Å²) in [6.45, 7) is 0.481. The van der Waals surface area contributed by atoms with E-state index in [0.717, 1.165) is 40.1 Å². The molecule has 0 spiro atoms. The average Bonchev–Trinajstić information content (AvgIpc) is 3.52. The molecule has 2 aromatic heterocycles. The summed E-state index contributed by atoms with van der Waals surface area (Å²) in [5.41, 5.74) is 1.51. The number of likely N-dealkylation sites (tertiary alicyclic amines) is 1. The second-order valence-electron chi connectivity index (χ2n) is 7.52. The van der Waals surface area contributed by atoms with Gasteiger partial charge in [0.15, 0.2) is 6.61 Å². The first-order valence-corrected chi connectivity index (χ1v) is 10.9. The molecule has 1 fully saturated rings. The van der Waals surface area contributed by atoms with Crippen molar-refractivity contribution in [3.8, 4) is 0 Å². The summed E-state index contributed by atoms with van der Waals surface area (Å²) in [6, 6.07) is 16.1. The van der Waals surface area contributed by atoms with Crippen LogP contribution in [0.5, 0.6) is 0 Å². The van der Waals surface area contributed by atoms with E-state index in [4.69, 9.17) is 9.15 Å². The van der Waals surface area contributed by atoms with Crippen molar-refractivity contribution in [2.45, 2.75) is 25.3 Å². The molecule has 1 saturated heterocycles. The van der Waals surface area contributed by atoms with E-state index in [0.29, 0.717) is 6.54 Å². The molecule has 5 nitrogen and oxygen atoms in total. The standard InChI is InChI=1S/C24H21NO4S/c26-22(25-11-3-7-19(25)21-8-4-12-30-21)15-29-23(27)13-17-14-28-20-10-9-16-5-1-2-6-18(16)24(17)20/h1-2,4-6,8-10,12,14,19H,3,7,11,13,15H2. The Bertz CT molecular complexity index is 1210. The highest BCUT2D eigenvalue weighted by atomic mass is 32.1. The molecule has 2 aromatic carbocycles. The van der Waals surface area contributed by atoms with Crippen molar-refractivity contribution in [2.24, 2.45) is 0 Å². The fourth-order valence-corrected chi connectivity index (χ4v) is 5.15. The van der Waals surface area contributed by atoms with Gasteiger partial charge < -0.3 is 14.1 Å². The molecule has 1 aliphatic heterocycles. The molecule has 5 rings (SSSR count). The lowest BCUT2D eigenvalue weighted by molar-refractivity contribution is -0.151. The lowest BCUT2D eigenvalue weighted by atomic mass is 10.0. The van der Waals surface area contributed by atoms with E-state index in [9.17, 15) is 9.59 Å². The van der Waals surface area contributed by atoms with Gasteiger partial charge in [-0.05, 0) is 41.1 Å². The summed E-state index contributed by atoms with van der Waals surface area (Å²) in [7, 11) is 0. The maximum atomic E-state index is 12.7. The van der Waals surface area contributed by atoms with Crippen LogP contribution in [0.25, 0.3) is 21.7 Å². The van der Waals surface area contributed by atoms with Gasteiger partial charge in [-0.2, -0.15) is 0 Å². The van der Waals surface area contributed by atoms with E-state index in [1.165, 1.54) is 4.88 Å². The quantitative estimate of drug-likeness (QED) is 0.423. The minimum atomic E-state index is -0.425. The fourth-order valence-electron chi connectivity index (χ4n) is 4.28. The van der Waals surface area contributed by atoms with Gasteiger partial charge in [0.1, 0.15) is 5.58 Å². The number of benzene rings is 2. The van der Waals surface area contributed by atoms with Crippen molar-refractivity contribution in [3.05, 3.63) is 70.6 Å². The number of hydrogen-bond donors (Lipinski definition) is 0. The molecular formula is C24H21NO4S. The zero-order valence-electron chi connectivity index (χ0n) is 16.4. The summed E-state index contributed by atoms with van der Waals surface area (Å²) in [4.78, 5) is 28.2. The molecule has 4 aromatic rings. The van der Waals surface area contributed by atoms with Gasteiger partial charge in [0, 0.05) is 22.4 Å². The predicted molar refractivity (Wildman–Crippen MR) is 116 cm³/mol. The zero-order chi connectivity index (χ0) is 20.5. The van der Waals surface area contributed by atoms with Gasteiger partial charge in [0.05, 0.1) is 18.7 Å². The normalized spacial score (nSPS) is 16.4. The van der Waals surface area contributed by atoms with Crippen molar-refractivity contribution >= 4 is 45.0 Å². The topological polar surface area (TPSA) is 59.8 Å². The first kappa shape index (κ1) is 18.9. The van der Waals surface area contributed by atoms with Gasteiger partial charge in [-0.15, -0.1) is 11.3 Å². The Morgan fingerprint density at radius 3 is 2.90 bits per heavy atom. The monoisotopic (exact) mass is 419 g/mol. The number of rotatable bonds is 5. The Morgan fingerprint density at radius 1 is 1.13 bits per heavy atom. The van der Waals surface area contributed by atoms with Gasteiger partial charge >= 0.3 is 5.97 Å². The van der Waals surface area contributed by atoms with E-state index < -0.39 is 5.97 Å². The van der Waals surface area contributed by atoms with Crippen LogP contribution in [-0.2, 0) is 20.7 Å². The Labute approximate surface area is 177 Å². The number of carbonyl (C=O) groups is 2. The van der Waals surface area contributed by atoms with Gasteiger partial charge in [-0.3, -0.25) is 9.59 Å². The second-order valence-corrected chi connectivity index (χ2v) is 8.50. The van der Waals surface area contributed by atoms with Crippen LogP contribution in [-0.4, -0.2) is 29.9 Å². The van der Waals surface area contributed by atoms with Crippen molar-refractivity contribution in [1.82, 2.24) is 4.90 Å². The molecule has 0 N–H and O–H groups in total. The van der Waals surface area contributed by atoms with Crippen LogP contribution in [0.2, 0.25) is 0 Å². The summed E-state index contributed by atoms with van der Waals surface area (Å²) in [5, 5.41) is 5.08. The second kappa shape index (κ2) is 7.95. The molecule has 6 heteroatoms. The molecule has 1 atom stereocenters. The summed E-state index contributed by atoms with van der Waals surface area (Å²) >= 11 is 1.66. The van der Waals surface area contributed by atoms with Gasteiger partial charge in [-0.25, -0.2) is 0 Å². The first-order valence-electron chi connectivity index (χ1n) is 10.1. The molecule has 0 radical (unpaired) electrons. The Kier molecular flexibility index (Phi) is 5.01. The Balaban J connectivity index is 1.27. The van der Waals surface area contributed by atoms with Crippen LogP contribution < -0.4 is 0 Å². The molecule has 0 saturated carbocycles. The smallest absolute Gasteiger partial charge is 0.310 e. The third-order valence-electron chi connectivity index (χ3n) is 5.68. The zero-order valence-corrected chi connectivity index (χ0v) is 17.2. The maximum absolute atomic E-state index is 12.7. The third kappa shape index (κ3) is 3.48. The molecule has 30 heavy (non-hydrogen) atoms. The number of nitrogens with zero attached hydrogens (tertiary/aromatic N) is 1. The molecule has 1 unspecified atom stereocenters. The highest BCUT2D eigenvalue weighted by molar-refractivity contribution is 7.10. The largest absolute Gasteiger partial charge is 0.464 e. The molecule has 1 aliphatic rings. The SMILES string of the molecule is O=C(Cc1coc2ccc3ccccc3c12)OCC(=O)N1CCCC1c1cccs1. The molecule has 152 valence electrons. The minimum Gasteiger partial charge on any atom is -0.464 e. The number of thiophene rings is 1. The van der Waals surface area contributed by atoms with Gasteiger partial charge in [-0.1, -0.05) is 36.4 Å². The van der Waals surface area contributed by atoms with Gasteiger partial charge in [0.25, 0.3) is 5.91 Å². The highest BCUT2D eigenvalue weighted by Gasteiger charge is 2.31.